The summed E-state index contributed by atoms with van der Waals surface area (Å²) in [6.45, 7) is 4.63. The molecule has 25 heavy (non-hydrogen) atoms. The molecule has 0 aliphatic carbocycles. The van der Waals surface area contributed by atoms with Crippen LogP contribution in [0.5, 0.6) is 0 Å². The van der Waals surface area contributed by atoms with Gasteiger partial charge in [-0.05, 0) is 26.0 Å². The van der Waals surface area contributed by atoms with Gasteiger partial charge in [-0.3, -0.25) is 9.78 Å². The van der Waals surface area contributed by atoms with E-state index in [0.717, 1.165) is 33.3 Å². The van der Waals surface area contributed by atoms with Crippen LogP contribution in [0.15, 0.2) is 48.7 Å². The van der Waals surface area contributed by atoms with Gasteiger partial charge in [0.25, 0.3) is 0 Å². The van der Waals surface area contributed by atoms with E-state index in [4.69, 9.17) is 0 Å². The number of nitrogens with one attached hydrogen (secondary N) is 1. The number of aryl methyl sites for hydroxylation is 2. The van der Waals surface area contributed by atoms with Gasteiger partial charge in [0.2, 0.25) is 5.91 Å². The van der Waals surface area contributed by atoms with Gasteiger partial charge >= 0.3 is 0 Å². The topological polar surface area (TPSA) is 54.9 Å². The van der Waals surface area contributed by atoms with Crippen LogP contribution in [0.4, 0.5) is 0 Å². The van der Waals surface area contributed by atoms with E-state index in [-0.39, 0.29) is 5.91 Å². The Labute approximate surface area is 152 Å². The molecule has 0 aliphatic heterocycles. The number of carbonyl (C=O) groups is 1. The van der Waals surface area contributed by atoms with Gasteiger partial charge < -0.3 is 5.32 Å². The number of carbonyl (C=O) groups excluding carboxylic acids is 1. The molecule has 1 aromatic carbocycles. The molecule has 2 aromatic heterocycles. The maximum absolute atomic E-state index is 12.3. The van der Waals surface area contributed by atoms with Crippen LogP contribution in [0.1, 0.15) is 21.1 Å². The number of nitrogens with zero attached hydrogens (tertiary/aromatic N) is 2. The molecule has 0 fully saturated rings. The highest BCUT2D eigenvalue weighted by atomic mass is 32.1. The smallest absolute Gasteiger partial charge is 0.225 e. The summed E-state index contributed by atoms with van der Waals surface area (Å²) < 4.78 is 0. The van der Waals surface area contributed by atoms with Crippen LogP contribution >= 0.6 is 11.3 Å². The Balaban J connectivity index is 1.62. The number of hydrogen-bond acceptors (Lipinski definition) is 4. The first-order valence-corrected chi connectivity index (χ1v) is 9.13. The Morgan fingerprint density at radius 3 is 2.64 bits per heavy atom. The van der Waals surface area contributed by atoms with E-state index in [0.29, 0.717) is 13.0 Å². The Morgan fingerprint density at radius 1 is 1.12 bits per heavy atom. The summed E-state index contributed by atoms with van der Waals surface area (Å²) in [7, 11) is 0. The average molecular weight is 351 g/mol. The van der Waals surface area contributed by atoms with Crippen molar-refractivity contribution in [1.29, 1.82) is 0 Å². The Kier molecular flexibility index (Phi) is 5.56. The molecule has 0 radical (unpaired) electrons. The molecular formula is C20H21N3OS. The fourth-order valence-electron chi connectivity index (χ4n) is 2.61. The third-order valence-electron chi connectivity index (χ3n) is 3.88. The zero-order valence-corrected chi connectivity index (χ0v) is 15.3. The van der Waals surface area contributed by atoms with E-state index in [1.807, 2.05) is 25.1 Å². The zero-order valence-electron chi connectivity index (χ0n) is 14.5. The van der Waals surface area contributed by atoms with Crippen LogP contribution in [-0.2, 0) is 17.6 Å². The largest absolute Gasteiger partial charge is 0.355 e. The van der Waals surface area contributed by atoms with Crippen LogP contribution in [0.25, 0.3) is 11.3 Å². The minimum atomic E-state index is 0.0212. The van der Waals surface area contributed by atoms with Crippen molar-refractivity contribution in [2.45, 2.75) is 26.7 Å². The molecule has 0 unspecified atom stereocenters. The van der Waals surface area contributed by atoms with E-state index in [2.05, 4.69) is 46.5 Å². The SMILES string of the molecule is Cc1ccc(-c2nc(C)sc2CC(=O)NCCc2ccccn2)cc1. The fraction of sp³-hybridized carbons (Fsp3) is 0.250. The molecule has 0 bridgehead atoms. The van der Waals surface area contributed by atoms with Gasteiger partial charge in [-0.1, -0.05) is 35.9 Å². The maximum Gasteiger partial charge on any atom is 0.225 e. The molecule has 128 valence electrons. The third kappa shape index (κ3) is 4.73. The molecular weight excluding hydrogens is 330 g/mol. The highest BCUT2D eigenvalue weighted by Gasteiger charge is 2.14. The standard InChI is InChI=1S/C20H21N3OS/c1-14-6-8-16(9-7-14)20-18(25-15(2)23-20)13-19(24)22-12-10-17-5-3-4-11-21-17/h3-9,11H,10,12-13H2,1-2H3,(H,22,24). The summed E-state index contributed by atoms with van der Waals surface area (Å²) in [6.07, 6.45) is 2.86. The van der Waals surface area contributed by atoms with Crippen molar-refractivity contribution in [2.75, 3.05) is 6.54 Å². The van der Waals surface area contributed by atoms with Gasteiger partial charge in [0.15, 0.2) is 0 Å². The molecule has 0 saturated carbocycles. The summed E-state index contributed by atoms with van der Waals surface area (Å²) >= 11 is 1.59. The number of pyridine rings is 1. The second-order valence-electron chi connectivity index (χ2n) is 5.97. The van der Waals surface area contributed by atoms with Gasteiger partial charge in [-0.2, -0.15) is 0 Å². The van der Waals surface area contributed by atoms with Gasteiger partial charge in [0.1, 0.15) is 0 Å². The predicted molar refractivity (Wildman–Crippen MR) is 102 cm³/mol. The van der Waals surface area contributed by atoms with E-state index < -0.39 is 0 Å². The lowest BCUT2D eigenvalue weighted by Crippen LogP contribution is -2.27. The molecule has 0 saturated heterocycles. The van der Waals surface area contributed by atoms with Crippen LogP contribution in [0.3, 0.4) is 0 Å². The Bertz CT molecular complexity index is 841. The van der Waals surface area contributed by atoms with Gasteiger partial charge in [0, 0.05) is 35.3 Å². The van der Waals surface area contributed by atoms with E-state index in [9.17, 15) is 4.79 Å². The van der Waals surface area contributed by atoms with Crippen LogP contribution in [0, 0.1) is 13.8 Å². The zero-order chi connectivity index (χ0) is 17.6. The normalized spacial score (nSPS) is 10.6. The summed E-state index contributed by atoms with van der Waals surface area (Å²) in [6, 6.07) is 14.1. The van der Waals surface area contributed by atoms with Crippen molar-refractivity contribution in [3.8, 4) is 11.3 Å². The second kappa shape index (κ2) is 8.03. The van der Waals surface area contributed by atoms with Crippen molar-refractivity contribution in [3.63, 3.8) is 0 Å². The van der Waals surface area contributed by atoms with Gasteiger partial charge in [0.05, 0.1) is 17.1 Å². The molecule has 1 amide bonds. The monoisotopic (exact) mass is 351 g/mol. The van der Waals surface area contributed by atoms with Crippen molar-refractivity contribution in [1.82, 2.24) is 15.3 Å². The quantitative estimate of drug-likeness (QED) is 0.736. The number of aromatic nitrogens is 2. The van der Waals surface area contributed by atoms with Gasteiger partial charge in [-0.25, -0.2) is 4.98 Å². The molecule has 5 heteroatoms. The van der Waals surface area contributed by atoms with Crippen molar-refractivity contribution in [3.05, 3.63) is 69.8 Å². The predicted octanol–water partition coefficient (Wildman–Crippen LogP) is 3.72. The minimum absolute atomic E-state index is 0.0212. The average Bonchev–Trinajstić information content (AvgIpc) is 2.97. The second-order valence-corrected chi connectivity index (χ2v) is 7.26. The summed E-state index contributed by atoms with van der Waals surface area (Å²) in [5.74, 6) is 0.0212. The number of amides is 1. The molecule has 2 heterocycles. The fourth-order valence-corrected chi connectivity index (χ4v) is 3.57. The maximum atomic E-state index is 12.3. The van der Waals surface area contributed by atoms with Crippen LogP contribution in [-0.4, -0.2) is 22.4 Å². The number of hydrogen-bond donors (Lipinski definition) is 1. The van der Waals surface area contributed by atoms with Crippen LogP contribution < -0.4 is 5.32 Å². The third-order valence-corrected chi connectivity index (χ3v) is 4.85. The molecule has 3 rings (SSSR count). The molecule has 4 nitrogen and oxygen atoms in total. The molecule has 1 N–H and O–H groups in total. The summed E-state index contributed by atoms with van der Waals surface area (Å²) in [5, 5.41) is 3.96. The van der Waals surface area contributed by atoms with E-state index in [1.54, 1.807) is 17.5 Å². The molecule has 0 spiro atoms. The lowest BCUT2D eigenvalue weighted by Gasteiger charge is -2.06. The first kappa shape index (κ1) is 17.3. The van der Waals surface area contributed by atoms with E-state index >= 15 is 0 Å². The summed E-state index contributed by atoms with van der Waals surface area (Å²) in [5.41, 5.74) is 4.18. The number of thiazole rings is 1. The Morgan fingerprint density at radius 2 is 1.92 bits per heavy atom. The van der Waals surface area contributed by atoms with E-state index in [1.165, 1.54) is 5.56 Å². The summed E-state index contributed by atoms with van der Waals surface area (Å²) in [4.78, 5) is 22.2. The number of benzene rings is 1. The minimum Gasteiger partial charge on any atom is -0.355 e. The van der Waals surface area contributed by atoms with Crippen LogP contribution in [0.2, 0.25) is 0 Å². The highest BCUT2D eigenvalue weighted by molar-refractivity contribution is 7.12. The van der Waals surface area contributed by atoms with Crippen molar-refractivity contribution < 1.29 is 4.79 Å². The van der Waals surface area contributed by atoms with Gasteiger partial charge in [-0.15, -0.1) is 11.3 Å². The lowest BCUT2D eigenvalue weighted by atomic mass is 10.1. The first-order valence-electron chi connectivity index (χ1n) is 8.32. The number of rotatable bonds is 6. The first-order chi connectivity index (χ1) is 12.1. The lowest BCUT2D eigenvalue weighted by molar-refractivity contribution is -0.120. The van der Waals surface area contributed by atoms with Crippen molar-refractivity contribution in [2.24, 2.45) is 0 Å². The van der Waals surface area contributed by atoms with Crippen molar-refractivity contribution >= 4 is 17.2 Å². The molecule has 0 aliphatic rings. The Hall–Kier alpha value is -2.53. The molecule has 3 aromatic rings. The highest BCUT2D eigenvalue weighted by Crippen LogP contribution is 2.28. The molecule has 0 atom stereocenters.